The summed E-state index contributed by atoms with van der Waals surface area (Å²) in [6.07, 6.45) is 9.25. The Kier molecular flexibility index (Phi) is 6.53. The van der Waals surface area contributed by atoms with E-state index in [-0.39, 0.29) is 16.7 Å². The van der Waals surface area contributed by atoms with Crippen LogP contribution in [0.2, 0.25) is 0 Å². The largest absolute Gasteiger partial charge is 0.505 e. The SMILES string of the molecule is CCCN(CCC)c1nc2c(N3CCCCCCC3)ncc(O)c2c(=O)[nH]1. The third kappa shape index (κ3) is 4.34. The Morgan fingerprint density at radius 2 is 1.74 bits per heavy atom. The van der Waals surface area contributed by atoms with Gasteiger partial charge in [0.05, 0.1) is 6.20 Å². The van der Waals surface area contributed by atoms with Gasteiger partial charge in [-0.2, -0.15) is 0 Å². The number of nitrogens with one attached hydrogen (secondary N) is 1. The van der Waals surface area contributed by atoms with Crippen molar-refractivity contribution >= 4 is 22.7 Å². The van der Waals surface area contributed by atoms with E-state index < -0.39 is 0 Å². The minimum absolute atomic E-state index is 0.112. The first-order chi connectivity index (χ1) is 13.2. The number of anilines is 2. The van der Waals surface area contributed by atoms with Crippen LogP contribution in [-0.2, 0) is 0 Å². The van der Waals surface area contributed by atoms with Gasteiger partial charge >= 0.3 is 0 Å². The average molecular weight is 374 g/mol. The monoisotopic (exact) mass is 373 g/mol. The molecule has 2 aromatic rings. The lowest BCUT2D eigenvalue weighted by molar-refractivity contribution is 0.478. The van der Waals surface area contributed by atoms with E-state index >= 15 is 0 Å². The molecule has 148 valence electrons. The summed E-state index contributed by atoms with van der Waals surface area (Å²) in [6.45, 7) is 7.69. The first kappa shape index (κ1) is 19.5. The van der Waals surface area contributed by atoms with Crippen molar-refractivity contribution in [3.63, 3.8) is 0 Å². The van der Waals surface area contributed by atoms with E-state index in [2.05, 4.69) is 33.6 Å². The normalized spacial score (nSPS) is 15.6. The van der Waals surface area contributed by atoms with Crippen LogP contribution in [-0.4, -0.2) is 46.2 Å². The number of hydrogen-bond donors (Lipinski definition) is 2. The van der Waals surface area contributed by atoms with E-state index in [1.165, 1.54) is 25.5 Å². The Hall–Kier alpha value is -2.31. The highest BCUT2D eigenvalue weighted by Gasteiger charge is 2.20. The molecule has 3 rings (SSSR count). The zero-order valence-corrected chi connectivity index (χ0v) is 16.5. The first-order valence-corrected chi connectivity index (χ1v) is 10.3. The second-order valence-electron chi connectivity index (χ2n) is 7.32. The van der Waals surface area contributed by atoms with Crippen LogP contribution in [0.5, 0.6) is 5.75 Å². The van der Waals surface area contributed by atoms with Gasteiger partial charge in [-0.15, -0.1) is 0 Å². The lowest BCUT2D eigenvalue weighted by Crippen LogP contribution is -2.31. The number of aromatic hydroxyl groups is 1. The van der Waals surface area contributed by atoms with Gasteiger partial charge in [0.15, 0.2) is 5.82 Å². The average Bonchev–Trinajstić information content (AvgIpc) is 2.62. The van der Waals surface area contributed by atoms with Gasteiger partial charge in [0.2, 0.25) is 5.95 Å². The molecule has 1 fully saturated rings. The number of fused-ring (bicyclic) bond motifs is 1. The van der Waals surface area contributed by atoms with Gasteiger partial charge in [-0.3, -0.25) is 9.78 Å². The Morgan fingerprint density at radius 1 is 1.11 bits per heavy atom. The number of pyridine rings is 1. The number of rotatable bonds is 6. The highest BCUT2D eigenvalue weighted by atomic mass is 16.3. The molecule has 27 heavy (non-hydrogen) atoms. The molecule has 2 aromatic heterocycles. The quantitative estimate of drug-likeness (QED) is 0.807. The maximum Gasteiger partial charge on any atom is 0.264 e. The Labute approximate surface area is 160 Å². The highest BCUT2D eigenvalue weighted by Crippen LogP contribution is 2.29. The van der Waals surface area contributed by atoms with Crippen LogP contribution >= 0.6 is 0 Å². The van der Waals surface area contributed by atoms with Crippen molar-refractivity contribution < 1.29 is 5.11 Å². The zero-order chi connectivity index (χ0) is 19.2. The molecule has 0 unspecified atom stereocenters. The molecule has 0 amide bonds. The molecule has 0 bridgehead atoms. The van der Waals surface area contributed by atoms with Crippen LogP contribution in [0.1, 0.15) is 58.8 Å². The molecule has 0 saturated carbocycles. The van der Waals surface area contributed by atoms with E-state index in [9.17, 15) is 9.90 Å². The topological polar surface area (TPSA) is 85.3 Å². The van der Waals surface area contributed by atoms with Gasteiger partial charge in [-0.05, 0) is 25.7 Å². The summed E-state index contributed by atoms with van der Waals surface area (Å²) in [5, 5.41) is 10.5. The Bertz CT molecular complexity index is 806. The van der Waals surface area contributed by atoms with Gasteiger partial charge < -0.3 is 14.9 Å². The molecule has 1 aliphatic heterocycles. The molecular formula is C20H31N5O2. The van der Waals surface area contributed by atoms with Crippen molar-refractivity contribution in [3.05, 3.63) is 16.6 Å². The molecule has 7 nitrogen and oxygen atoms in total. The van der Waals surface area contributed by atoms with Crippen molar-refractivity contribution in [1.82, 2.24) is 15.0 Å². The van der Waals surface area contributed by atoms with Crippen molar-refractivity contribution in [2.75, 3.05) is 36.0 Å². The van der Waals surface area contributed by atoms with Gasteiger partial charge in [0.1, 0.15) is 16.7 Å². The summed E-state index contributed by atoms with van der Waals surface area (Å²) >= 11 is 0. The maximum atomic E-state index is 12.8. The molecule has 0 radical (unpaired) electrons. The summed E-state index contributed by atoms with van der Waals surface area (Å²) in [5.41, 5.74) is 0.201. The Balaban J connectivity index is 2.10. The maximum absolute atomic E-state index is 12.8. The molecule has 0 atom stereocenters. The molecule has 0 aromatic carbocycles. The van der Waals surface area contributed by atoms with Gasteiger partial charge in [0, 0.05) is 26.2 Å². The molecule has 7 heteroatoms. The molecular weight excluding hydrogens is 342 g/mol. The third-order valence-corrected chi connectivity index (χ3v) is 5.13. The zero-order valence-electron chi connectivity index (χ0n) is 16.5. The summed E-state index contributed by atoms with van der Waals surface area (Å²) in [7, 11) is 0. The number of nitrogens with zero attached hydrogens (tertiary/aromatic N) is 4. The fourth-order valence-electron chi connectivity index (χ4n) is 3.81. The smallest absolute Gasteiger partial charge is 0.264 e. The molecule has 1 saturated heterocycles. The standard InChI is InChI=1S/C20H31N5O2/c1-3-10-25(11-4-2)20-22-17-16(19(27)23-20)15(26)14-21-18(17)24-12-8-6-5-7-9-13-24/h14,26H,3-13H2,1-2H3,(H,22,23,27). The molecule has 0 aliphatic carbocycles. The fourth-order valence-corrected chi connectivity index (χ4v) is 3.81. The summed E-state index contributed by atoms with van der Waals surface area (Å²) in [6, 6.07) is 0. The van der Waals surface area contributed by atoms with Crippen molar-refractivity contribution in [1.29, 1.82) is 0 Å². The second kappa shape index (κ2) is 9.06. The van der Waals surface area contributed by atoms with Gasteiger partial charge in [0.25, 0.3) is 5.56 Å². The van der Waals surface area contributed by atoms with Crippen molar-refractivity contribution in [3.8, 4) is 5.75 Å². The highest BCUT2D eigenvalue weighted by molar-refractivity contribution is 5.92. The van der Waals surface area contributed by atoms with Crippen molar-refractivity contribution in [2.24, 2.45) is 0 Å². The predicted octanol–water partition coefficient (Wildman–Crippen LogP) is 3.42. The van der Waals surface area contributed by atoms with Crippen LogP contribution in [0.25, 0.3) is 10.9 Å². The second-order valence-corrected chi connectivity index (χ2v) is 7.32. The predicted molar refractivity (Wildman–Crippen MR) is 110 cm³/mol. The van der Waals surface area contributed by atoms with Crippen LogP contribution in [0.15, 0.2) is 11.0 Å². The van der Waals surface area contributed by atoms with Crippen LogP contribution in [0, 0.1) is 0 Å². The van der Waals surface area contributed by atoms with E-state index in [1.54, 1.807) is 0 Å². The molecule has 1 aliphatic rings. The minimum atomic E-state index is -0.305. The summed E-state index contributed by atoms with van der Waals surface area (Å²) in [4.78, 5) is 29.2. The minimum Gasteiger partial charge on any atom is -0.505 e. The van der Waals surface area contributed by atoms with Gasteiger partial charge in [-0.1, -0.05) is 33.1 Å². The molecule has 2 N–H and O–H groups in total. The number of aromatic nitrogens is 3. The van der Waals surface area contributed by atoms with Gasteiger partial charge in [-0.25, -0.2) is 9.97 Å². The lowest BCUT2D eigenvalue weighted by Gasteiger charge is -2.27. The lowest BCUT2D eigenvalue weighted by atomic mass is 10.1. The van der Waals surface area contributed by atoms with Crippen LogP contribution in [0.3, 0.4) is 0 Å². The van der Waals surface area contributed by atoms with Crippen LogP contribution in [0.4, 0.5) is 11.8 Å². The first-order valence-electron chi connectivity index (χ1n) is 10.3. The molecule has 0 spiro atoms. The Morgan fingerprint density at radius 3 is 2.37 bits per heavy atom. The summed E-state index contributed by atoms with van der Waals surface area (Å²) in [5.74, 6) is 1.17. The number of aromatic amines is 1. The third-order valence-electron chi connectivity index (χ3n) is 5.13. The van der Waals surface area contributed by atoms with Crippen LogP contribution < -0.4 is 15.4 Å². The van der Waals surface area contributed by atoms with E-state index in [1.807, 2.05) is 0 Å². The fraction of sp³-hybridized carbons (Fsp3) is 0.650. The van der Waals surface area contributed by atoms with E-state index in [0.717, 1.165) is 51.9 Å². The van der Waals surface area contributed by atoms with E-state index in [4.69, 9.17) is 4.98 Å². The van der Waals surface area contributed by atoms with E-state index in [0.29, 0.717) is 17.3 Å². The van der Waals surface area contributed by atoms with Crippen molar-refractivity contribution in [2.45, 2.75) is 58.8 Å². The summed E-state index contributed by atoms with van der Waals surface area (Å²) < 4.78 is 0. The number of H-pyrrole nitrogens is 1. The molecule has 3 heterocycles. The number of hydrogen-bond acceptors (Lipinski definition) is 6.